The van der Waals surface area contributed by atoms with E-state index in [1.807, 2.05) is 6.92 Å². The fraction of sp³-hybridized carbons (Fsp3) is 0.400. The lowest BCUT2D eigenvalue weighted by Crippen LogP contribution is -2.35. The van der Waals surface area contributed by atoms with Crippen molar-refractivity contribution in [1.29, 1.82) is 0 Å². The number of hydrogen-bond acceptors (Lipinski definition) is 3. The van der Waals surface area contributed by atoms with Crippen LogP contribution in [0.15, 0.2) is 18.5 Å². The summed E-state index contributed by atoms with van der Waals surface area (Å²) in [5, 5.41) is 0. The van der Waals surface area contributed by atoms with Crippen molar-refractivity contribution >= 4 is 5.91 Å². The molecule has 0 aliphatic rings. The van der Waals surface area contributed by atoms with Gasteiger partial charge in [0.2, 0.25) is 0 Å². The molecule has 0 spiro atoms. The Morgan fingerprint density at radius 1 is 1.60 bits per heavy atom. The van der Waals surface area contributed by atoms with Gasteiger partial charge in [0.1, 0.15) is 5.82 Å². The number of likely N-dealkylation sites (N-methyl/N-ethyl adjacent to an activating group) is 1. The molecule has 0 atom stereocenters. The Balaban J connectivity index is 2.82. The molecular formula is C10H14FN3O. The van der Waals surface area contributed by atoms with E-state index in [0.717, 1.165) is 6.20 Å². The first-order chi connectivity index (χ1) is 7.19. The number of nitrogens with zero attached hydrogens (tertiary/aromatic N) is 2. The Hall–Kier alpha value is -1.49. The zero-order valence-corrected chi connectivity index (χ0v) is 8.61. The summed E-state index contributed by atoms with van der Waals surface area (Å²) in [4.78, 5) is 17.0. The molecule has 0 radical (unpaired) electrons. The van der Waals surface area contributed by atoms with Crippen molar-refractivity contribution in [2.45, 2.75) is 6.92 Å². The molecule has 1 rings (SSSR count). The first-order valence-electron chi connectivity index (χ1n) is 4.79. The quantitative estimate of drug-likeness (QED) is 0.795. The van der Waals surface area contributed by atoms with Crippen molar-refractivity contribution in [2.75, 3.05) is 19.6 Å². The van der Waals surface area contributed by atoms with Gasteiger partial charge in [-0.25, -0.2) is 4.39 Å². The fourth-order valence-corrected chi connectivity index (χ4v) is 1.27. The highest BCUT2D eigenvalue weighted by molar-refractivity contribution is 5.93. The lowest BCUT2D eigenvalue weighted by Gasteiger charge is -2.19. The van der Waals surface area contributed by atoms with Crippen LogP contribution in [0.5, 0.6) is 0 Å². The predicted octanol–water partition coefficient (Wildman–Crippen LogP) is 0.641. The van der Waals surface area contributed by atoms with Crippen LogP contribution in [-0.2, 0) is 0 Å². The smallest absolute Gasteiger partial charge is 0.255 e. The normalized spacial score (nSPS) is 10.1. The third-order valence-electron chi connectivity index (χ3n) is 2.02. The molecule has 82 valence electrons. The molecule has 0 unspecified atom stereocenters. The summed E-state index contributed by atoms with van der Waals surface area (Å²) in [6, 6.07) is 1.18. The second kappa shape index (κ2) is 5.41. The summed E-state index contributed by atoms with van der Waals surface area (Å²) < 4.78 is 12.8. The topological polar surface area (TPSA) is 59.2 Å². The molecule has 1 aromatic heterocycles. The molecule has 1 amide bonds. The van der Waals surface area contributed by atoms with E-state index in [9.17, 15) is 9.18 Å². The largest absolute Gasteiger partial charge is 0.338 e. The molecule has 0 aliphatic heterocycles. The lowest BCUT2D eigenvalue weighted by molar-refractivity contribution is 0.0768. The summed E-state index contributed by atoms with van der Waals surface area (Å²) in [6.07, 6.45) is 2.42. The van der Waals surface area contributed by atoms with Crippen LogP contribution < -0.4 is 5.73 Å². The molecule has 0 aromatic carbocycles. The average Bonchev–Trinajstić information content (AvgIpc) is 2.25. The molecule has 4 nitrogen and oxygen atoms in total. The van der Waals surface area contributed by atoms with E-state index in [1.54, 1.807) is 4.90 Å². The van der Waals surface area contributed by atoms with Gasteiger partial charge >= 0.3 is 0 Å². The van der Waals surface area contributed by atoms with E-state index in [-0.39, 0.29) is 11.5 Å². The molecule has 5 heteroatoms. The van der Waals surface area contributed by atoms with Gasteiger partial charge in [-0.1, -0.05) is 0 Å². The number of carbonyl (C=O) groups excluding carboxylic acids is 1. The molecule has 0 saturated heterocycles. The number of hydrogen-bond donors (Lipinski definition) is 1. The fourth-order valence-electron chi connectivity index (χ4n) is 1.27. The molecule has 1 heterocycles. The maximum atomic E-state index is 12.8. The zero-order chi connectivity index (χ0) is 11.3. The van der Waals surface area contributed by atoms with Crippen LogP contribution in [0.4, 0.5) is 4.39 Å². The first kappa shape index (κ1) is 11.6. The van der Waals surface area contributed by atoms with Crippen LogP contribution in [0.2, 0.25) is 0 Å². The predicted molar refractivity (Wildman–Crippen MR) is 54.8 cm³/mol. The molecule has 0 bridgehead atoms. The van der Waals surface area contributed by atoms with Crippen LogP contribution >= 0.6 is 0 Å². The lowest BCUT2D eigenvalue weighted by atomic mass is 10.2. The van der Waals surface area contributed by atoms with Crippen molar-refractivity contribution in [3.8, 4) is 0 Å². The number of amides is 1. The standard InChI is InChI=1S/C10H14FN3O/c1-2-14(4-3-12)10(15)8-5-9(11)7-13-6-8/h5-7H,2-4,12H2,1H3. The molecular weight excluding hydrogens is 197 g/mol. The van der Waals surface area contributed by atoms with Crippen molar-refractivity contribution in [3.63, 3.8) is 0 Å². The van der Waals surface area contributed by atoms with E-state index in [1.165, 1.54) is 12.3 Å². The third kappa shape index (κ3) is 2.99. The minimum atomic E-state index is -0.510. The van der Waals surface area contributed by atoms with E-state index >= 15 is 0 Å². The molecule has 0 saturated carbocycles. The maximum Gasteiger partial charge on any atom is 0.255 e. The number of aromatic nitrogens is 1. The van der Waals surface area contributed by atoms with Crippen LogP contribution in [0, 0.1) is 5.82 Å². The van der Waals surface area contributed by atoms with Crippen molar-refractivity contribution in [1.82, 2.24) is 9.88 Å². The summed E-state index contributed by atoms with van der Waals surface area (Å²) in [5.41, 5.74) is 5.62. The van der Waals surface area contributed by atoms with Crippen LogP contribution in [-0.4, -0.2) is 35.4 Å². The van der Waals surface area contributed by atoms with Gasteiger partial charge in [-0.05, 0) is 13.0 Å². The molecule has 2 N–H and O–H groups in total. The van der Waals surface area contributed by atoms with Crippen LogP contribution in [0.3, 0.4) is 0 Å². The Morgan fingerprint density at radius 3 is 2.87 bits per heavy atom. The number of carbonyl (C=O) groups is 1. The highest BCUT2D eigenvalue weighted by Crippen LogP contribution is 2.05. The number of rotatable bonds is 4. The Kier molecular flexibility index (Phi) is 4.17. The molecule has 1 aromatic rings. The summed E-state index contributed by atoms with van der Waals surface area (Å²) in [5.74, 6) is -0.750. The summed E-state index contributed by atoms with van der Waals surface area (Å²) in [6.45, 7) is 3.25. The Labute approximate surface area is 87.9 Å². The highest BCUT2D eigenvalue weighted by Gasteiger charge is 2.13. The maximum absolute atomic E-state index is 12.8. The SMILES string of the molecule is CCN(CCN)C(=O)c1cncc(F)c1. The van der Waals surface area contributed by atoms with Gasteiger partial charge in [-0.3, -0.25) is 9.78 Å². The zero-order valence-electron chi connectivity index (χ0n) is 8.61. The second-order valence-corrected chi connectivity index (χ2v) is 3.07. The minimum absolute atomic E-state index is 0.241. The summed E-state index contributed by atoms with van der Waals surface area (Å²) >= 11 is 0. The van der Waals surface area contributed by atoms with Gasteiger partial charge in [-0.15, -0.1) is 0 Å². The third-order valence-corrected chi connectivity index (χ3v) is 2.02. The number of halogens is 1. The van der Waals surface area contributed by atoms with E-state index in [2.05, 4.69) is 4.98 Å². The van der Waals surface area contributed by atoms with E-state index < -0.39 is 5.82 Å². The second-order valence-electron chi connectivity index (χ2n) is 3.07. The Bertz CT molecular complexity index is 343. The number of nitrogens with two attached hydrogens (primary N) is 1. The molecule has 0 fully saturated rings. The van der Waals surface area contributed by atoms with Crippen molar-refractivity contribution in [2.24, 2.45) is 5.73 Å². The van der Waals surface area contributed by atoms with Crippen molar-refractivity contribution < 1.29 is 9.18 Å². The van der Waals surface area contributed by atoms with Crippen LogP contribution in [0.25, 0.3) is 0 Å². The van der Waals surface area contributed by atoms with Gasteiger partial charge in [0.05, 0.1) is 11.8 Å². The van der Waals surface area contributed by atoms with Crippen molar-refractivity contribution in [3.05, 3.63) is 29.8 Å². The van der Waals surface area contributed by atoms with E-state index in [0.29, 0.717) is 19.6 Å². The van der Waals surface area contributed by atoms with Gasteiger partial charge in [-0.2, -0.15) is 0 Å². The highest BCUT2D eigenvalue weighted by atomic mass is 19.1. The average molecular weight is 211 g/mol. The first-order valence-corrected chi connectivity index (χ1v) is 4.79. The molecule has 15 heavy (non-hydrogen) atoms. The van der Waals surface area contributed by atoms with Crippen LogP contribution in [0.1, 0.15) is 17.3 Å². The monoisotopic (exact) mass is 211 g/mol. The summed E-state index contributed by atoms with van der Waals surface area (Å²) in [7, 11) is 0. The Morgan fingerprint density at radius 2 is 2.33 bits per heavy atom. The van der Waals surface area contributed by atoms with Gasteiger partial charge in [0, 0.05) is 25.8 Å². The van der Waals surface area contributed by atoms with E-state index in [4.69, 9.17) is 5.73 Å². The number of pyridine rings is 1. The van der Waals surface area contributed by atoms with Gasteiger partial charge < -0.3 is 10.6 Å². The minimum Gasteiger partial charge on any atom is -0.338 e. The molecule has 0 aliphatic carbocycles. The van der Waals surface area contributed by atoms with Gasteiger partial charge in [0.25, 0.3) is 5.91 Å². The van der Waals surface area contributed by atoms with Gasteiger partial charge in [0.15, 0.2) is 0 Å².